The molecule has 0 spiro atoms. The molecule has 1 aliphatic rings. The summed E-state index contributed by atoms with van der Waals surface area (Å²) in [5.74, 6) is 0.0244. The van der Waals surface area contributed by atoms with Gasteiger partial charge < -0.3 is 29.9 Å². The van der Waals surface area contributed by atoms with Crippen LogP contribution in [0.3, 0.4) is 0 Å². The van der Waals surface area contributed by atoms with Crippen LogP contribution in [0.2, 0.25) is 0 Å². The Hall–Kier alpha value is -3.94. The zero-order valence-corrected chi connectivity index (χ0v) is 24.4. The van der Waals surface area contributed by atoms with Crippen LogP contribution in [-0.2, 0) is 10.0 Å². The monoisotopic (exact) mass is 585 g/mol. The summed E-state index contributed by atoms with van der Waals surface area (Å²) in [5, 5.41) is 19.1. The summed E-state index contributed by atoms with van der Waals surface area (Å²) in [4.78, 5) is 28.1. The van der Waals surface area contributed by atoms with Crippen LogP contribution < -0.4 is 15.4 Å². The van der Waals surface area contributed by atoms with Gasteiger partial charge in [-0.15, -0.1) is 0 Å². The highest BCUT2D eigenvalue weighted by Crippen LogP contribution is 2.31. The Balaban J connectivity index is 1.62. The van der Waals surface area contributed by atoms with E-state index in [0.717, 1.165) is 0 Å². The number of benzene rings is 2. The van der Waals surface area contributed by atoms with E-state index in [1.54, 1.807) is 56.0 Å². The number of carbonyl (C=O) groups is 2. The number of fused-ring (bicyclic) bond motifs is 1. The molecule has 12 nitrogen and oxygen atoms in total. The quantitative estimate of drug-likeness (QED) is 0.363. The SMILES string of the molecule is Cc1noc(C)c1NC(=O)Nc1ccc2c(c1)C(=O)N([C@@H](C)CO)C[C@H](C)[C@H](CN(C)S(=O)(=O)c1ccccc1)O2. The Bertz CT molecular complexity index is 1490. The molecule has 0 unspecified atom stereocenters. The fourth-order valence-electron chi connectivity index (χ4n) is 4.58. The van der Waals surface area contributed by atoms with Gasteiger partial charge in [-0.2, -0.15) is 4.31 Å². The number of aromatic nitrogens is 1. The molecular formula is C28H35N5O7S. The van der Waals surface area contributed by atoms with Crippen molar-refractivity contribution in [1.29, 1.82) is 0 Å². The number of likely N-dealkylation sites (N-methyl/N-ethyl adjacent to an activating group) is 1. The highest BCUT2D eigenvalue weighted by Gasteiger charge is 2.35. The van der Waals surface area contributed by atoms with Crippen molar-refractivity contribution in [2.45, 2.75) is 44.7 Å². The van der Waals surface area contributed by atoms with Crippen LogP contribution in [0.4, 0.5) is 16.2 Å². The first-order valence-electron chi connectivity index (χ1n) is 13.2. The standard InChI is InChI=1S/C28H35N5O7S/c1-17-14-33(18(2)16-34)27(35)23-13-21(29-28(36)30-26-19(3)31-40-20(26)4)11-12-24(23)39-25(17)15-32(5)41(37,38)22-9-7-6-8-10-22/h6-13,17-18,25,34H,14-16H2,1-5H3,(H2,29,30,36)/t17-,18-,25-/m0/s1. The Morgan fingerprint density at radius 1 is 1.20 bits per heavy atom. The van der Waals surface area contributed by atoms with Gasteiger partial charge in [-0.25, -0.2) is 13.2 Å². The molecule has 0 bridgehead atoms. The first-order chi connectivity index (χ1) is 19.4. The molecule has 4 rings (SSSR count). The van der Waals surface area contributed by atoms with Crippen molar-refractivity contribution in [3.8, 4) is 5.75 Å². The molecular weight excluding hydrogens is 550 g/mol. The van der Waals surface area contributed by atoms with Crippen LogP contribution >= 0.6 is 0 Å². The molecule has 0 aliphatic carbocycles. The average molecular weight is 586 g/mol. The van der Waals surface area contributed by atoms with Crippen LogP contribution in [0.1, 0.15) is 35.7 Å². The third-order valence-electron chi connectivity index (χ3n) is 7.08. The molecule has 0 saturated heterocycles. The van der Waals surface area contributed by atoms with Crippen LogP contribution in [0.15, 0.2) is 57.9 Å². The van der Waals surface area contributed by atoms with Crippen molar-refractivity contribution in [3.05, 3.63) is 65.5 Å². The van der Waals surface area contributed by atoms with E-state index in [1.165, 1.54) is 29.6 Å². The summed E-state index contributed by atoms with van der Waals surface area (Å²) in [5.41, 5.74) is 1.47. The molecule has 2 aromatic carbocycles. The maximum absolute atomic E-state index is 13.7. The van der Waals surface area contributed by atoms with E-state index in [-0.39, 0.29) is 47.7 Å². The van der Waals surface area contributed by atoms with E-state index in [9.17, 15) is 23.1 Å². The zero-order chi connectivity index (χ0) is 29.9. The number of sulfonamides is 1. The average Bonchev–Trinajstić information content (AvgIpc) is 3.27. The van der Waals surface area contributed by atoms with Gasteiger partial charge in [0.15, 0.2) is 5.76 Å². The van der Waals surface area contributed by atoms with E-state index < -0.39 is 28.2 Å². The molecule has 3 aromatic rings. The van der Waals surface area contributed by atoms with Crippen molar-refractivity contribution >= 4 is 33.3 Å². The Morgan fingerprint density at radius 2 is 1.90 bits per heavy atom. The van der Waals surface area contributed by atoms with Gasteiger partial charge in [-0.05, 0) is 51.1 Å². The lowest BCUT2D eigenvalue weighted by Crippen LogP contribution is -2.50. The van der Waals surface area contributed by atoms with E-state index in [2.05, 4.69) is 15.8 Å². The van der Waals surface area contributed by atoms with Crippen molar-refractivity contribution in [2.75, 3.05) is 37.4 Å². The maximum atomic E-state index is 13.7. The first kappa shape index (κ1) is 30.0. The number of urea groups is 1. The molecule has 1 aromatic heterocycles. The number of amides is 3. The number of rotatable bonds is 8. The van der Waals surface area contributed by atoms with Gasteiger partial charge in [0, 0.05) is 25.2 Å². The number of aryl methyl sites for hydroxylation is 2. The molecule has 3 atom stereocenters. The first-order valence-corrected chi connectivity index (χ1v) is 14.6. The van der Waals surface area contributed by atoms with Crippen LogP contribution in [-0.4, -0.2) is 78.7 Å². The molecule has 1 aliphatic heterocycles. The number of aliphatic hydroxyl groups is 1. The minimum Gasteiger partial charge on any atom is -0.488 e. The highest BCUT2D eigenvalue weighted by atomic mass is 32.2. The van der Waals surface area contributed by atoms with Gasteiger partial charge in [0.05, 0.1) is 29.7 Å². The second-order valence-electron chi connectivity index (χ2n) is 10.2. The lowest BCUT2D eigenvalue weighted by molar-refractivity contribution is 0.0387. The summed E-state index contributed by atoms with van der Waals surface area (Å²) in [6, 6.07) is 11.7. The third kappa shape index (κ3) is 6.53. The van der Waals surface area contributed by atoms with Crippen LogP contribution in [0.5, 0.6) is 5.75 Å². The fourth-order valence-corrected chi connectivity index (χ4v) is 5.78. The van der Waals surface area contributed by atoms with Crippen molar-refractivity contribution in [2.24, 2.45) is 5.92 Å². The van der Waals surface area contributed by atoms with Gasteiger partial charge in [-0.3, -0.25) is 4.79 Å². The molecule has 3 N–H and O–H groups in total. The molecule has 2 heterocycles. The van der Waals surface area contributed by atoms with E-state index in [0.29, 0.717) is 22.8 Å². The minimum atomic E-state index is -3.79. The van der Waals surface area contributed by atoms with Gasteiger partial charge in [-0.1, -0.05) is 30.3 Å². The fraction of sp³-hybridized carbons (Fsp3) is 0.393. The van der Waals surface area contributed by atoms with Gasteiger partial charge in [0.1, 0.15) is 23.2 Å². The number of nitrogens with zero attached hydrogens (tertiary/aromatic N) is 3. The predicted octanol–water partition coefficient (Wildman–Crippen LogP) is 3.48. The van der Waals surface area contributed by atoms with Crippen LogP contribution in [0.25, 0.3) is 0 Å². The molecule has 41 heavy (non-hydrogen) atoms. The Morgan fingerprint density at radius 3 is 2.54 bits per heavy atom. The second-order valence-corrected chi connectivity index (χ2v) is 12.3. The summed E-state index contributed by atoms with van der Waals surface area (Å²) >= 11 is 0. The minimum absolute atomic E-state index is 0.0210. The van der Waals surface area contributed by atoms with Crippen LogP contribution in [0, 0.1) is 19.8 Å². The number of anilines is 2. The molecule has 13 heteroatoms. The number of carbonyl (C=O) groups excluding carboxylic acids is 2. The van der Waals surface area contributed by atoms with Gasteiger partial charge >= 0.3 is 6.03 Å². The smallest absolute Gasteiger partial charge is 0.323 e. The topological polar surface area (TPSA) is 154 Å². The molecule has 3 amide bonds. The molecule has 220 valence electrons. The number of ether oxygens (including phenoxy) is 1. The lowest BCUT2D eigenvalue weighted by atomic mass is 9.99. The summed E-state index contributed by atoms with van der Waals surface area (Å²) in [6.45, 7) is 6.95. The van der Waals surface area contributed by atoms with E-state index in [4.69, 9.17) is 9.26 Å². The lowest BCUT2D eigenvalue weighted by Gasteiger charge is -2.38. The largest absolute Gasteiger partial charge is 0.488 e. The summed E-state index contributed by atoms with van der Waals surface area (Å²) in [6.07, 6.45) is -0.625. The normalized spacial score (nSPS) is 18.2. The highest BCUT2D eigenvalue weighted by molar-refractivity contribution is 7.89. The summed E-state index contributed by atoms with van der Waals surface area (Å²) < 4.78 is 39.0. The molecule has 0 radical (unpaired) electrons. The van der Waals surface area contributed by atoms with Crippen molar-refractivity contribution in [1.82, 2.24) is 14.4 Å². The Labute approximate surface area is 239 Å². The van der Waals surface area contributed by atoms with Gasteiger partial charge in [0.25, 0.3) is 5.91 Å². The van der Waals surface area contributed by atoms with Crippen molar-refractivity contribution < 1.29 is 32.4 Å². The number of hydrogen-bond donors (Lipinski definition) is 3. The molecule has 0 saturated carbocycles. The zero-order valence-electron chi connectivity index (χ0n) is 23.6. The second kappa shape index (κ2) is 12.3. The maximum Gasteiger partial charge on any atom is 0.323 e. The van der Waals surface area contributed by atoms with Crippen molar-refractivity contribution in [3.63, 3.8) is 0 Å². The Kier molecular flexibility index (Phi) is 9.00. The van der Waals surface area contributed by atoms with E-state index >= 15 is 0 Å². The number of nitrogens with one attached hydrogen (secondary N) is 2. The van der Waals surface area contributed by atoms with E-state index in [1.807, 2.05) is 6.92 Å². The number of hydrogen-bond acceptors (Lipinski definition) is 8. The molecule has 0 fully saturated rings. The van der Waals surface area contributed by atoms with Gasteiger partial charge in [0.2, 0.25) is 10.0 Å². The predicted molar refractivity (Wildman–Crippen MR) is 152 cm³/mol. The summed E-state index contributed by atoms with van der Waals surface area (Å²) in [7, 11) is -2.30. The number of aliphatic hydroxyl groups excluding tert-OH is 1. The third-order valence-corrected chi connectivity index (χ3v) is 8.92.